The van der Waals surface area contributed by atoms with Crippen LogP contribution in [0.2, 0.25) is 0 Å². The van der Waals surface area contributed by atoms with Gasteiger partial charge in [-0.25, -0.2) is 4.79 Å². The van der Waals surface area contributed by atoms with Gasteiger partial charge in [0.05, 0.1) is 6.04 Å². The number of rotatable bonds is 17. The minimum atomic E-state index is -1.25. The van der Waals surface area contributed by atoms with E-state index in [-0.39, 0.29) is 31.6 Å². The molecule has 0 aliphatic heterocycles. The number of hydrogen-bond acceptors (Lipinski definition) is 7. The molecule has 0 spiro atoms. The number of nitrogens with two attached hydrogens (primary N) is 2. The number of aliphatic carboxylic acids is 1. The van der Waals surface area contributed by atoms with Crippen molar-refractivity contribution < 1.29 is 29.1 Å². The van der Waals surface area contributed by atoms with Gasteiger partial charge in [-0.15, -0.1) is 0 Å². The predicted octanol–water partition coefficient (Wildman–Crippen LogP) is 0.641. The Balaban J connectivity index is 2.17. The van der Waals surface area contributed by atoms with E-state index in [0.717, 1.165) is 16.5 Å². The van der Waals surface area contributed by atoms with Crippen LogP contribution in [0.1, 0.15) is 45.1 Å². The minimum Gasteiger partial charge on any atom is -0.480 e. The number of carbonyl (C=O) groups excluding carboxylic acids is 4. The summed E-state index contributed by atoms with van der Waals surface area (Å²) in [5.41, 5.74) is 12.8. The van der Waals surface area contributed by atoms with Crippen molar-refractivity contribution in [2.45, 2.75) is 70.1 Å². The first-order valence-corrected chi connectivity index (χ1v) is 14.5. The molecule has 4 unspecified atom stereocenters. The van der Waals surface area contributed by atoms with Crippen molar-refractivity contribution in [2.24, 2.45) is 17.4 Å². The molecule has 2 rings (SSSR count). The molecule has 4 atom stereocenters. The number of fused-ring (bicyclic) bond motifs is 1. The van der Waals surface area contributed by atoms with Crippen molar-refractivity contribution in [1.82, 2.24) is 20.9 Å². The SMILES string of the molecule is CSCCC(NC(=O)C(CCC(N)=O)NC(=O)C(N)CC(C)C)C(=O)NC(Cc1c[nH]c2ccccc12)C(=O)O. The molecule has 2 aromatic rings. The maximum absolute atomic E-state index is 13.2. The standard InChI is InChI=1S/C27H40N6O6S/c1-15(2)12-18(28)24(35)31-20(8-9-23(29)34)25(36)32-21(10-11-40-3)26(37)33-22(27(38)39)13-16-14-30-19-7-5-4-6-17(16)19/h4-7,14-15,18,20-22,30H,8-13,28H2,1-3H3,(H2,29,34)(H,31,35)(H,32,36)(H,33,37)(H,38,39). The highest BCUT2D eigenvalue weighted by molar-refractivity contribution is 7.98. The predicted molar refractivity (Wildman–Crippen MR) is 154 cm³/mol. The molecule has 0 bridgehead atoms. The molecule has 4 amide bonds. The van der Waals surface area contributed by atoms with Crippen LogP contribution in [-0.4, -0.2) is 75.9 Å². The number of amides is 4. The van der Waals surface area contributed by atoms with Crippen LogP contribution in [0.3, 0.4) is 0 Å². The summed E-state index contributed by atoms with van der Waals surface area (Å²) in [6.07, 6.45) is 3.90. The van der Waals surface area contributed by atoms with Gasteiger partial charge < -0.3 is 37.5 Å². The Bertz CT molecular complexity index is 1190. The third kappa shape index (κ3) is 10.2. The number of aromatic amines is 1. The molecule has 13 heteroatoms. The highest BCUT2D eigenvalue weighted by Gasteiger charge is 2.31. The molecule has 40 heavy (non-hydrogen) atoms. The van der Waals surface area contributed by atoms with Gasteiger partial charge in [0, 0.05) is 29.9 Å². The second-order valence-electron chi connectivity index (χ2n) is 10.1. The number of carboxylic acid groups (broad SMARTS) is 1. The molecule has 220 valence electrons. The van der Waals surface area contributed by atoms with E-state index in [4.69, 9.17) is 11.5 Å². The molecule has 0 fully saturated rings. The average molecular weight is 577 g/mol. The van der Waals surface area contributed by atoms with E-state index in [2.05, 4.69) is 20.9 Å². The minimum absolute atomic E-state index is 0.0271. The quantitative estimate of drug-likeness (QED) is 0.142. The number of primary amides is 1. The number of aromatic nitrogens is 1. The summed E-state index contributed by atoms with van der Waals surface area (Å²) in [5, 5.41) is 18.4. The summed E-state index contributed by atoms with van der Waals surface area (Å²) in [6, 6.07) is 3.06. The second-order valence-corrected chi connectivity index (χ2v) is 11.1. The maximum Gasteiger partial charge on any atom is 0.326 e. The van der Waals surface area contributed by atoms with Crippen molar-refractivity contribution in [2.75, 3.05) is 12.0 Å². The van der Waals surface area contributed by atoms with Crippen LogP contribution in [-0.2, 0) is 30.4 Å². The molecule has 0 saturated heterocycles. The lowest BCUT2D eigenvalue weighted by Crippen LogP contribution is -2.57. The number of nitrogens with one attached hydrogen (secondary N) is 4. The molecule has 0 saturated carbocycles. The number of thioether (sulfide) groups is 1. The van der Waals surface area contributed by atoms with Crippen LogP contribution in [0.25, 0.3) is 10.9 Å². The van der Waals surface area contributed by atoms with Gasteiger partial charge in [-0.05, 0) is 48.8 Å². The molecule has 1 aromatic carbocycles. The third-order valence-corrected chi connectivity index (χ3v) is 6.98. The number of carbonyl (C=O) groups is 5. The van der Waals surface area contributed by atoms with Gasteiger partial charge in [0.15, 0.2) is 0 Å². The van der Waals surface area contributed by atoms with Crippen LogP contribution < -0.4 is 27.4 Å². The number of carboxylic acids is 1. The average Bonchev–Trinajstić information content (AvgIpc) is 3.30. The zero-order valence-corrected chi connectivity index (χ0v) is 23.9. The molecular weight excluding hydrogens is 536 g/mol. The first-order chi connectivity index (χ1) is 18.9. The van der Waals surface area contributed by atoms with E-state index in [1.54, 1.807) is 6.20 Å². The van der Waals surface area contributed by atoms with Crippen LogP contribution in [0.5, 0.6) is 0 Å². The summed E-state index contributed by atoms with van der Waals surface area (Å²) in [6.45, 7) is 3.81. The fraction of sp³-hybridized carbons (Fsp3) is 0.519. The van der Waals surface area contributed by atoms with Crippen molar-refractivity contribution >= 4 is 52.3 Å². The Morgan fingerprint density at radius 2 is 1.55 bits per heavy atom. The highest BCUT2D eigenvalue weighted by Crippen LogP contribution is 2.19. The lowest BCUT2D eigenvalue weighted by atomic mass is 10.0. The van der Waals surface area contributed by atoms with E-state index in [9.17, 15) is 29.1 Å². The van der Waals surface area contributed by atoms with Gasteiger partial charge in [0.1, 0.15) is 18.1 Å². The summed E-state index contributed by atoms with van der Waals surface area (Å²) in [5.74, 6) is -3.17. The molecular formula is C27H40N6O6S. The first kappa shape index (κ1) is 32.6. The Hall–Kier alpha value is -3.58. The normalized spacial score (nSPS) is 14.2. The van der Waals surface area contributed by atoms with Crippen LogP contribution in [0.15, 0.2) is 30.5 Å². The van der Waals surface area contributed by atoms with Crippen molar-refractivity contribution in [3.05, 3.63) is 36.0 Å². The van der Waals surface area contributed by atoms with E-state index in [1.807, 2.05) is 44.4 Å². The Morgan fingerprint density at radius 3 is 2.15 bits per heavy atom. The van der Waals surface area contributed by atoms with Gasteiger partial charge in [0.2, 0.25) is 23.6 Å². The topological polar surface area (TPSA) is 209 Å². The molecule has 1 aromatic heterocycles. The molecule has 0 aliphatic rings. The van der Waals surface area contributed by atoms with Crippen LogP contribution in [0, 0.1) is 5.92 Å². The third-order valence-electron chi connectivity index (χ3n) is 6.33. The number of H-pyrrole nitrogens is 1. The molecule has 0 radical (unpaired) electrons. The Labute approximate surface area is 237 Å². The lowest BCUT2D eigenvalue weighted by molar-refractivity contribution is -0.142. The first-order valence-electron chi connectivity index (χ1n) is 13.1. The van der Waals surface area contributed by atoms with Crippen LogP contribution >= 0.6 is 11.8 Å². The van der Waals surface area contributed by atoms with Crippen molar-refractivity contribution in [3.63, 3.8) is 0 Å². The largest absolute Gasteiger partial charge is 0.480 e. The maximum atomic E-state index is 13.2. The fourth-order valence-corrected chi connectivity index (χ4v) is 4.69. The lowest BCUT2D eigenvalue weighted by Gasteiger charge is -2.25. The van der Waals surface area contributed by atoms with Crippen molar-refractivity contribution in [3.8, 4) is 0 Å². The van der Waals surface area contributed by atoms with Gasteiger partial charge in [0.25, 0.3) is 0 Å². The van der Waals surface area contributed by atoms with Crippen LogP contribution in [0.4, 0.5) is 0 Å². The Kier molecular flexibility index (Phi) is 12.9. The van der Waals surface area contributed by atoms with Gasteiger partial charge in [-0.3, -0.25) is 19.2 Å². The number of benzene rings is 1. The summed E-state index contributed by atoms with van der Waals surface area (Å²) < 4.78 is 0. The Morgan fingerprint density at radius 1 is 0.950 bits per heavy atom. The monoisotopic (exact) mass is 576 g/mol. The van der Waals surface area contributed by atoms with E-state index < -0.39 is 53.8 Å². The number of para-hydroxylation sites is 1. The summed E-state index contributed by atoms with van der Waals surface area (Å²) in [4.78, 5) is 65.6. The summed E-state index contributed by atoms with van der Waals surface area (Å²) >= 11 is 1.45. The molecule has 12 nitrogen and oxygen atoms in total. The highest BCUT2D eigenvalue weighted by atomic mass is 32.2. The van der Waals surface area contributed by atoms with Gasteiger partial charge in [-0.1, -0.05) is 32.0 Å². The number of hydrogen-bond donors (Lipinski definition) is 7. The molecule has 1 heterocycles. The summed E-state index contributed by atoms with van der Waals surface area (Å²) in [7, 11) is 0. The van der Waals surface area contributed by atoms with E-state index >= 15 is 0 Å². The van der Waals surface area contributed by atoms with E-state index in [1.165, 1.54) is 11.8 Å². The van der Waals surface area contributed by atoms with Gasteiger partial charge >= 0.3 is 5.97 Å². The zero-order chi connectivity index (χ0) is 29.8. The van der Waals surface area contributed by atoms with Gasteiger partial charge in [-0.2, -0.15) is 11.8 Å². The zero-order valence-electron chi connectivity index (χ0n) is 23.1. The smallest absolute Gasteiger partial charge is 0.326 e. The fourth-order valence-electron chi connectivity index (χ4n) is 4.22. The van der Waals surface area contributed by atoms with Crippen molar-refractivity contribution in [1.29, 1.82) is 0 Å². The molecule has 9 N–H and O–H groups in total. The molecule has 0 aliphatic carbocycles. The second kappa shape index (κ2) is 15.9. The van der Waals surface area contributed by atoms with E-state index in [0.29, 0.717) is 12.2 Å².